The molecule has 1 atom stereocenters. The van der Waals surface area contributed by atoms with Gasteiger partial charge < -0.3 is 9.42 Å². The number of carbonyl (C=O) groups excluding carboxylic acids is 1. The van der Waals surface area contributed by atoms with E-state index >= 15 is 0 Å². The summed E-state index contributed by atoms with van der Waals surface area (Å²) in [6.07, 6.45) is 3.85. The lowest BCUT2D eigenvalue weighted by molar-refractivity contribution is 0.0724. The van der Waals surface area contributed by atoms with E-state index in [0.29, 0.717) is 5.69 Å². The van der Waals surface area contributed by atoms with E-state index in [-0.39, 0.29) is 11.9 Å². The molecule has 116 valence electrons. The van der Waals surface area contributed by atoms with Crippen molar-refractivity contribution >= 4 is 5.91 Å². The Morgan fingerprint density at radius 1 is 1.41 bits per heavy atom. The Labute approximate surface area is 131 Å². The number of benzene rings is 1. The molecule has 3 rings (SSSR count). The summed E-state index contributed by atoms with van der Waals surface area (Å²) in [5, 5.41) is 3.96. The van der Waals surface area contributed by atoms with Crippen LogP contribution in [0.3, 0.4) is 0 Å². The van der Waals surface area contributed by atoms with Gasteiger partial charge in [0.1, 0.15) is 5.76 Å². The molecule has 0 aliphatic carbocycles. The molecule has 1 amide bonds. The molecular formula is C18H22N2O2. The van der Waals surface area contributed by atoms with Crippen molar-refractivity contribution in [3.63, 3.8) is 0 Å². The Morgan fingerprint density at radius 2 is 2.23 bits per heavy atom. The molecule has 4 nitrogen and oxygen atoms in total. The summed E-state index contributed by atoms with van der Waals surface area (Å²) in [4.78, 5) is 14.7. The molecule has 0 spiro atoms. The van der Waals surface area contributed by atoms with Crippen molar-refractivity contribution in [2.45, 2.75) is 45.6 Å². The first kappa shape index (κ1) is 14.8. The summed E-state index contributed by atoms with van der Waals surface area (Å²) in [5.41, 5.74) is 2.91. The molecule has 0 unspecified atom stereocenters. The third-order valence-electron chi connectivity index (χ3n) is 4.34. The maximum atomic E-state index is 12.8. The van der Waals surface area contributed by atoms with Gasteiger partial charge in [0, 0.05) is 19.0 Å². The maximum Gasteiger partial charge on any atom is 0.276 e. The zero-order valence-corrected chi connectivity index (χ0v) is 13.2. The number of aromatic nitrogens is 1. The fourth-order valence-corrected chi connectivity index (χ4v) is 3.22. The first-order valence-corrected chi connectivity index (χ1v) is 8.02. The van der Waals surface area contributed by atoms with Gasteiger partial charge in [0.15, 0.2) is 5.69 Å². The van der Waals surface area contributed by atoms with Crippen LogP contribution in [0.15, 0.2) is 34.9 Å². The molecular weight excluding hydrogens is 276 g/mol. The van der Waals surface area contributed by atoms with Gasteiger partial charge in [-0.3, -0.25) is 4.79 Å². The van der Waals surface area contributed by atoms with Gasteiger partial charge in [-0.15, -0.1) is 0 Å². The van der Waals surface area contributed by atoms with Crippen molar-refractivity contribution in [3.05, 3.63) is 52.9 Å². The van der Waals surface area contributed by atoms with E-state index in [9.17, 15) is 4.79 Å². The molecule has 0 saturated carbocycles. The van der Waals surface area contributed by atoms with E-state index < -0.39 is 0 Å². The van der Waals surface area contributed by atoms with Gasteiger partial charge >= 0.3 is 0 Å². The fraction of sp³-hybridized carbons (Fsp3) is 0.444. The van der Waals surface area contributed by atoms with Crippen LogP contribution in [-0.4, -0.2) is 22.5 Å². The highest BCUT2D eigenvalue weighted by molar-refractivity contribution is 5.92. The van der Waals surface area contributed by atoms with E-state index in [1.165, 1.54) is 11.1 Å². The van der Waals surface area contributed by atoms with Crippen molar-refractivity contribution < 1.29 is 9.32 Å². The van der Waals surface area contributed by atoms with Crippen molar-refractivity contribution in [1.29, 1.82) is 0 Å². The van der Waals surface area contributed by atoms with Crippen molar-refractivity contribution in [3.8, 4) is 0 Å². The van der Waals surface area contributed by atoms with E-state index in [1.54, 1.807) is 6.07 Å². The van der Waals surface area contributed by atoms with Crippen LogP contribution in [0.2, 0.25) is 0 Å². The van der Waals surface area contributed by atoms with Crippen molar-refractivity contribution in [2.75, 3.05) is 6.54 Å². The molecule has 1 aliphatic heterocycles. The smallest absolute Gasteiger partial charge is 0.276 e. The molecule has 2 heterocycles. The van der Waals surface area contributed by atoms with Crippen LogP contribution >= 0.6 is 0 Å². The largest absolute Gasteiger partial charge is 0.361 e. The Bertz CT molecular complexity index is 663. The highest BCUT2D eigenvalue weighted by Gasteiger charge is 2.32. The minimum atomic E-state index is -0.0168. The van der Waals surface area contributed by atoms with E-state index in [1.807, 2.05) is 17.0 Å². The topological polar surface area (TPSA) is 46.3 Å². The number of likely N-dealkylation sites (tertiary alicyclic amines) is 1. The van der Waals surface area contributed by atoms with Crippen LogP contribution in [0.1, 0.15) is 59.6 Å². The molecule has 1 saturated heterocycles. The van der Waals surface area contributed by atoms with Crippen LogP contribution in [0.25, 0.3) is 0 Å². The third kappa shape index (κ3) is 2.78. The maximum absolute atomic E-state index is 12.8. The molecule has 1 aromatic heterocycles. The number of aryl methyl sites for hydroxylation is 2. The lowest BCUT2D eigenvalue weighted by Gasteiger charge is -2.25. The molecule has 1 aromatic carbocycles. The third-order valence-corrected chi connectivity index (χ3v) is 4.34. The zero-order valence-electron chi connectivity index (χ0n) is 13.2. The summed E-state index contributed by atoms with van der Waals surface area (Å²) >= 11 is 0. The second kappa shape index (κ2) is 6.34. The van der Waals surface area contributed by atoms with Gasteiger partial charge in [-0.2, -0.15) is 0 Å². The van der Waals surface area contributed by atoms with Crippen LogP contribution in [0.5, 0.6) is 0 Å². The van der Waals surface area contributed by atoms with Crippen LogP contribution < -0.4 is 0 Å². The number of amides is 1. The first-order valence-electron chi connectivity index (χ1n) is 8.02. The molecule has 2 aromatic rings. The summed E-state index contributed by atoms with van der Waals surface area (Å²) in [6, 6.07) is 10.2. The molecule has 22 heavy (non-hydrogen) atoms. The highest BCUT2D eigenvalue weighted by Crippen LogP contribution is 2.34. The lowest BCUT2D eigenvalue weighted by Crippen LogP contribution is -2.31. The second-order valence-corrected chi connectivity index (χ2v) is 5.94. The Balaban J connectivity index is 1.83. The molecule has 1 aliphatic rings. The van der Waals surface area contributed by atoms with Crippen LogP contribution in [0.4, 0.5) is 0 Å². The van der Waals surface area contributed by atoms with E-state index in [0.717, 1.165) is 38.0 Å². The molecule has 0 bridgehead atoms. The highest BCUT2D eigenvalue weighted by atomic mass is 16.5. The Hall–Kier alpha value is -2.10. The minimum absolute atomic E-state index is 0.0168. The summed E-state index contributed by atoms with van der Waals surface area (Å²) < 4.78 is 5.25. The summed E-state index contributed by atoms with van der Waals surface area (Å²) in [7, 11) is 0. The first-order chi connectivity index (χ1) is 10.7. The quantitative estimate of drug-likeness (QED) is 0.859. The van der Waals surface area contributed by atoms with Crippen LogP contribution in [-0.2, 0) is 6.42 Å². The zero-order chi connectivity index (χ0) is 15.5. The Kier molecular flexibility index (Phi) is 4.27. The number of nitrogens with zero attached hydrogens (tertiary/aromatic N) is 2. The second-order valence-electron chi connectivity index (χ2n) is 5.94. The predicted molar refractivity (Wildman–Crippen MR) is 84.7 cm³/mol. The van der Waals surface area contributed by atoms with Gasteiger partial charge in [0.05, 0.1) is 6.04 Å². The average molecular weight is 298 g/mol. The van der Waals surface area contributed by atoms with Crippen molar-refractivity contribution in [1.82, 2.24) is 10.1 Å². The van der Waals surface area contributed by atoms with Gasteiger partial charge in [-0.25, -0.2) is 0 Å². The van der Waals surface area contributed by atoms with E-state index in [4.69, 9.17) is 4.52 Å². The summed E-state index contributed by atoms with van der Waals surface area (Å²) in [5.74, 6) is 0.773. The molecule has 0 radical (unpaired) electrons. The van der Waals surface area contributed by atoms with Gasteiger partial charge in [0.25, 0.3) is 5.91 Å². The number of hydrogen-bond acceptors (Lipinski definition) is 3. The molecule has 1 fully saturated rings. The number of carbonyl (C=O) groups is 1. The lowest BCUT2D eigenvalue weighted by atomic mass is 9.99. The normalized spacial score (nSPS) is 17.9. The van der Waals surface area contributed by atoms with Crippen LogP contribution in [0, 0.1) is 6.92 Å². The monoisotopic (exact) mass is 298 g/mol. The predicted octanol–water partition coefficient (Wildman–Crippen LogP) is 3.91. The van der Waals surface area contributed by atoms with Gasteiger partial charge in [-0.1, -0.05) is 36.3 Å². The van der Waals surface area contributed by atoms with E-state index in [2.05, 4.69) is 31.1 Å². The van der Waals surface area contributed by atoms with Crippen molar-refractivity contribution in [2.24, 2.45) is 0 Å². The Morgan fingerprint density at radius 3 is 3.00 bits per heavy atom. The SMILES string of the molecule is CCCc1cc(C(=O)N2CCC[C@@H]2c2ccccc2C)no1. The van der Waals surface area contributed by atoms with Gasteiger partial charge in [0.2, 0.25) is 0 Å². The number of rotatable bonds is 4. The summed E-state index contributed by atoms with van der Waals surface area (Å²) in [6.45, 7) is 4.97. The fourth-order valence-electron chi connectivity index (χ4n) is 3.22. The minimum Gasteiger partial charge on any atom is -0.361 e. The standard InChI is InChI=1S/C18H22N2O2/c1-3-7-14-12-16(19-22-14)18(21)20-11-6-10-17(20)15-9-5-4-8-13(15)2/h4-5,8-9,12,17H,3,6-7,10-11H2,1-2H3/t17-/m1/s1. The van der Waals surface area contributed by atoms with Gasteiger partial charge in [-0.05, 0) is 37.3 Å². The molecule has 4 heteroatoms. The molecule has 0 N–H and O–H groups in total. The number of hydrogen-bond donors (Lipinski definition) is 0. The average Bonchev–Trinajstić information content (AvgIpc) is 3.16.